The summed E-state index contributed by atoms with van der Waals surface area (Å²) in [6.07, 6.45) is 3.16. The third-order valence-electron chi connectivity index (χ3n) is 2.85. The molecule has 0 fully saturated rings. The molecule has 0 radical (unpaired) electrons. The molecular formula is C11H21N5O. The minimum atomic E-state index is -0.434. The summed E-state index contributed by atoms with van der Waals surface area (Å²) in [5.74, 6) is 0.822. The van der Waals surface area contributed by atoms with Crippen molar-refractivity contribution in [1.82, 2.24) is 20.1 Å². The van der Waals surface area contributed by atoms with E-state index in [0.717, 1.165) is 12.2 Å². The van der Waals surface area contributed by atoms with E-state index in [9.17, 15) is 4.79 Å². The molecule has 1 amide bonds. The molecule has 6 nitrogen and oxygen atoms in total. The summed E-state index contributed by atoms with van der Waals surface area (Å²) in [5.41, 5.74) is 5.81. The molecule has 96 valence electrons. The SMILES string of the molecule is CC[C@H](C)[C@H](N)C(=O)NCCc1ncn(C)n1. The number of nitrogens with one attached hydrogen (secondary N) is 1. The Kier molecular flexibility index (Phi) is 5.09. The fourth-order valence-electron chi connectivity index (χ4n) is 1.43. The first-order valence-electron chi connectivity index (χ1n) is 5.92. The van der Waals surface area contributed by atoms with Crippen molar-refractivity contribution in [2.75, 3.05) is 6.54 Å². The second-order valence-electron chi connectivity index (χ2n) is 4.29. The van der Waals surface area contributed by atoms with Gasteiger partial charge >= 0.3 is 0 Å². The summed E-state index contributed by atoms with van der Waals surface area (Å²) in [7, 11) is 1.81. The zero-order valence-corrected chi connectivity index (χ0v) is 10.7. The average molecular weight is 239 g/mol. The van der Waals surface area contributed by atoms with Gasteiger partial charge in [0.25, 0.3) is 0 Å². The largest absolute Gasteiger partial charge is 0.354 e. The fraction of sp³-hybridized carbons (Fsp3) is 0.727. The fourth-order valence-corrected chi connectivity index (χ4v) is 1.43. The molecule has 0 saturated heterocycles. The Bertz CT molecular complexity index is 362. The summed E-state index contributed by atoms with van der Waals surface area (Å²) >= 11 is 0. The minimum absolute atomic E-state index is 0.102. The van der Waals surface area contributed by atoms with Crippen LogP contribution in [0.4, 0.5) is 0 Å². The molecule has 0 saturated carbocycles. The van der Waals surface area contributed by atoms with Crippen molar-refractivity contribution in [2.24, 2.45) is 18.7 Å². The molecule has 0 aromatic carbocycles. The van der Waals surface area contributed by atoms with Crippen LogP contribution in [0.5, 0.6) is 0 Å². The van der Waals surface area contributed by atoms with Gasteiger partial charge in [-0.25, -0.2) is 4.98 Å². The van der Waals surface area contributed by atoms with Crippen molar-refractivity contribution in [3.63, 3.8) is 0 Å². The zero-order chi connectivity index (χ0) is 12.8. The number of aromatic nitrogens is 3. The van der Waals surface area contributed by atoms with Crippen molar-refractivity contribution in [1.29, 1.82) is 0 Å². The maximum atomic E-state index is 11.7. The van der Waals surface area contributed by atoms with Gasteiger partial charge in [-0.15, -0.1) is 0 Å². The van der Waals surface area contributed by atoms with Crippen LogP contribution in [0.25, 0.3) is 0 Å². The molecule has 0 aliphatic heterocycles. The van der Waals surface area contributed by atoms with Crippen molar-refractivity contribution in [3.8, 4) is 0 Å². The van der Waals surface area contributed by atoms with E-state index in [-0.39, 0.29) is 11.8 Å². The van der Waals surface area contributed by atoms with Gasteiger partial charge in [-0.3, -0.25) is 9.48 Å². The van der Waals surface area contributed by atoms with Crippen LogP contribution < -0.4 is 11.1 Å². The molecule has 17 heavy (non-hydrogen) atoms. The lowest BCUT2D eigenvalue weighted by molar-refractivity contribution is -0.123. The number of hydrogen-bond donors (Lipinski definition) is 2. The number of amides is 1. The van der Waals surface area contributed by atoms with E-state index in [2.05, 4.69) is 15.4 Å². The van der Waals surface area contributed by atoms with Gasteiger partial charge in [-0.1, -0.05) is 20.3 Å². The summed E-state index contributed by atoms with van der Waals surface area (Å²) in [5, 5.41) is 6.93. The van der Waals surface area contributed by atoms with Crippen LogP contribution in [-0.4, -0.2) is 33.3 Å². The maximum Gasteiger partial charge on any atom is 0.237 e. The topological polar surface area (TPSA) is 85.8 Å². The molecule has 3 N–H and O–H groups in total. The second kappa shape index (κ2) is 6.34. The second-order valence-corrected chi connectivity index (χ2v) is 4.29. The lowest BCUT2D eigenvalue weighted by atomic mass is 9.99. The molecule has 2 atom stereocenters. The third-order valence-corrected chi connectivity index (χ3v) is 2.85. The quantitative estimate of drug-likeness (QED) is 0.722. The van der Waals surface area contributed by atoms with E-state index in [0.29, 0.717) is 13.0 Å². The summed E-state index contributed by atoms with van der Waals surface area (Å²) < 4.78 is 1.64. The van der Waals surface area contributed by atoms with Crippen LogP contribution in [0, 0.1) is 5.92 Å². The molecule has 1 rings (SSSR count). The molecule has 1 aromatic heterocycles. The normalized spacial score (nSPS) is 14.4. The molecule has 1 aromatic rings. The lowest BCUT2D eigenvalue weighted by Gasteiger charge is -2.17. The van der Waals surface area contributed by atoms with Gasteiger partial charge in [0, 0.05) is 20.0 Å². The molecule has 0 unspecified atom stereocenters. The average Bonchev–Trinajstić information content (AvgIpc) is 2.72. The Balaban J connectivity index is 2.29. The van der Waals surface area contributed by atoms with Gasteiger partial charge in [-0.2, -0.15) is 5.10 Å². The van der Waals surface area contributed by atoms with Gasteiger partial charge in [-0.05, 0) is 5.92 Å². The highest BCUT2D eigenvalue weighted by Crippen LogP contribution is 2.04. The Hall–Kier alpha value is -1.43. The monoisotopic (exact) mass is 239 g/mol. The number of rotatable bonds is 6. The summed E-state index contributed by atoms with van der Waals surface area (Å²) in [6, 6.07) is -0.434. The van der Waals surface area contributed by atoms with Crippen molar-refractivity contribution >= 4 is 5.91 Å². The zero-order valence-electron chi connectivity index (χ0n) is 10.7. The maximum absolute atomic E-state index is 11.7. The van der Waals surface area contributed by atoms with Crippen LogP contribution in [0.2, 0.25) is 0 Å². The van der Waals surface area contributed by atoms with Gasteiger partial charge in [0.15, 0.2) is 5.82 Å². The first-order chi connectivity index (χ1) is 8.04. The molecule has 0 spiro atoms. The molecule has 1 heterocycles. The highest BCUT2D eigenvalue weighted by atomic mass is 16.2. The van der Waals surface area contributed by atoms with E-state index >= 15 is 0 Å². The summed E-state index contributed by atoms with van der Waals surface area (Å²) in [6.45, 7) is 4.52. The van der Waals surface area contributed by atoms with Crippen LogP contribution in [0.1, 0.15) is 26.1 Å². The highest BCUT2D eigenvalue weighted by molar-refractivity contribution is 5.81. The van der Waals surface area contributed by atoms with E-state index in [1.54, 1.807) is 11.0 Å². The van der Waals surface area contributed by atoms with Crippen molar-refractivity contribution in [2.45, 2.75) is 32.7 Å². The predicted molar refractivity (Wildman–Crippen MR) is 65.1 cm³/mol. The van der Waals surface area contributed by atoms with Crippen molar-refractivity contribution < 1.29 is 4.79 Å². The number of carbonyl (C=O) groups excluding carboxylic acids is 1. The number of nitrogens with two attached hydrogens (primary N) is 1. The van der Waals surface area contributed by atoms with E-state index in [1.807, 2.05) is 20.9 Å². The van der Waals surface area contributed by atoms with Crippen LogP contribution in [-0.2, 0) is 18.3 Å². The predicted octanol–water partition coefficient (Wildman–Crippen LogP) is -0.153. The minimum Gasteiger partial charge on any atom is -0.354 e. The van der Waals surface area contributed by atoms with Crippen molar-refractivity contribution in [3.05, 3.63) is 12.2 Å². The van der Waals surface area contributed by atoms with Crippen LogP contribution in [0.15, 0.2) is 6.33 Å². The van der Waals surface area contributed by atoms with E-state index in [4.69, 9.17) is 5.73 Å². The van der Waals surface area contributed by atoms with Gasteiger partial charge in [0.1, 0.15) is 6.33 Å². The highest BCUT2D eigenvalue weighted by Gasteiger charge is 2.18. The molecule has 0 aliphatic rings. The Morgan fingerprint density at radius 2 is 2.35 bits per heavy atom. The molecule has 0 aliphatic carbocycles. The number of carbonyl (C=O) groups is 1. The van der Waals surface area contributed by atoms with Crippen LogP contribution in [0.3, 0.4) is 0 Å². The lowest BCUT2D eigenvalue weighted by Crippen LogP contribution is -2.45. The number of nitrogens with zero attached hydrogens (tertiary/aromatic N) is 3. The van der Waals surface area contributed by atoms with Gasteiger partial charge < -0.3 is 11.1 Å². The first-order valence-corrected chi connectivity index (χ1v) is 5.92. The smallest absolute Gasteiger partial charge is 0.237 e. The third kappa shape index (κ3) is 4.14. The Morgan fingerprint density at radius 3 is 2.88 bits per heavy atom. The number of hydrogen-bond acceptors (Lipinski definition) is 4. The summed E-state index contributed by atoms with van der Waals surface area (Å²) in [4.78, 5) is 15.7. The van der Waals surface area contributed by atoms with Gasteiger partial charge in [0.05, 0.1) is 6.04 Å². The Morgan fingerprint density at radius 1 is 1.65 bits per heavy atom. The number of aryl methyl sites for hydroxylation is 1. The van der Waals surface area contributed by atoms with Gasteiger partial charge in [0.2, 0.25) is 5.91 Å². The van der Waals surface area contributed by atoms with E-state index in [1.165, 1.54) is 0 Å². The molecule has 0 bridgehead atoms. The molecular weight excluding hydrogens is 218 g/mol. The standard InChI is InChI=1S/C11H21N5O/c1-4-8(2)10(12)11(17)13-6-5-9-14-7-16(3)15-9/h7-8,10H,4-6,12H2,1-3H3,(H,13,17)/t8-,10-/m0/s1. The van der Waals surface area contributed by atoms with E-state index < -0.39 is 6.04 Å². The Labute approximate surface area is 102 Å². The first kappa shape index (κ1) is 13.6. The van der Waals surface area contributed by atoms with Crippen LogP contribution >= 0.6 is 0 Å². The molecule has 6 heteroatoms.